The third-order valence-corrected chi connectivity index (χ3v) is 2.72. The van der Waals surface area contributed by atoms with Crippen LogP contribution in [0.3, 0.4) is 0 Å². The Bertz CT molecular complexity index is 429. The lowest BCUT2D eigenvalue weighted by Crippen LogP contribution is -2.37. The van der Waals surface area contributed by atoms with Gasteiger partial charge < -0.3 is 15.7 Å². The van der Waals surface area contributed by atoms with Crippen molar-refractivity contribution in [2.24, 2.45) is 5.73 Å². The highest BCUT2D eigenvalue weighted by Gasteiger charge is 2.18. The number of halogens is 1. The molecule has 17 heavy (non-hydrogen) atoms. The van der Waals surface area contributed by atoms with Crippen molar-refractivity contribution in [1.29, 1.82) is 0 Å². The number of nitrogens with zero attached hydrogens (tertiary/aromatic N) is 1. The van der Waals surface area contributed by atoms with E-state index >= 15 is 0 Å². The van der Waals surface area contributed by atoms with E-state index in [1.54, 1.807) is 32.0 Å². The van der Waals surface area contributed by atoms with Crippen LogP contribution in [-0.4, -0.2) is 29.3 Å². The fraction of sp³-hybridized carbons (Fsp3) is 0.417. The highest BCUT2D eigenvalue weighted by Crippen LogP contribution is 2.25. The molecule has 0 bridgehead atoms. The molecule has 0 aliphatic carbocycles. The topological polar surface area (TPSA) is 49.5 Å². The molecule has 1 aromatic carbocycles. The molecule has 0 radical (unpaired) electrons. The standard InChI is InChI=1S/C12H17ClN2OS/c1-12(2,16)7-15(3)10-6-8(13)4-5-9(10)11(14)17/h4-6,16H,7H2,1-3H3,(H2,14,17). The Morgan fingerprint density at radius 2 is 2.12 bits per heavy atom. The van der Waals surface area contributed by atoms with Crippen molar-refractivity contribution < 1.29 is 5.11 Å². The van der Waals surface area contributed by atoms with Crippen LogP contribution in [0.2, 0.25) is 5.02 Å². The molecule has 0 aromatic heterocycles. The van der Waals surface area contributed by atoms with Gasteiger partial charge in [0, 0.05) is 29.9 Å². The zero-order valence-corrected chi connectivity index (χ0v) is 11.8. The van der Waals surface area contributed by atoms with Gasteiger partial charge in [-0.2, -0.15) is 0 Å². The van der Waals surface area contributed by atoms with Crippen LogP contribution in [0.15, 0.2) is 18.2 Å². The predicted octanol–water partition coefficient (Wildman–Crippen LogP) is 2.18. The number of rotatable bonds is 4. The van der Waals surface area contributed by atoms with E-state index in [-0.39, 0.29) is 0 Å². The number of hydrogen-bond donors (Lipinski definition) is 2. The second-order valence-electron chi connectivity index (χ2n) is 4.69. The van der Waals surface area contributed by atoms with Gasteiger partial charge in [-0.15, -0.1) is 0 Å². The predicted molar refractivity (Wildman–Crippen MR) is 76.9 cm³/mol. The Balaban J connectivity index is 3.10. The molecule has 0 unspecified atom stereocenters. The van der Waals surface area contributed by atoms with Gasteiger partial charge in [0.15, 0.2) is 0 Å². The summed E-state index contributed by atoms with van der Waals surface area (Å²) in [4.78, 5) is 2.21. The summed E-state index contributed by atoms with van der Waals surface area (Å²) in [6.07, 6.45) is 0. The molecule has 5 heteroatoms. The van der Waals surface area contributed by atoms with Crippen molar-refractivity contribution in [2.75, 3.05) is 18.5 Å². The van der Waals surface area contributed by atoms with E-state index < -0.39 is 5.60 Å². The summed E-state index contributed by atoms with van der Waals surface area (Å²) in [5, 5.41) is 10.4. The van der Waals surface area contributed by atoms with Gasteiger partial charge in [-0.25, -0.2) is 0 Å². The molecule has 0 amide bonds. The average molecular weight is 273 g/mol. The lowest BCUT2D eigenvalue weighted by atomic mass is 10.1. The molecule has 3 N–H and O–H groups in total. The molecule has 0 aliphatic rings. The van der Waals surface area contributed by atoms with Crippen LogP contribution in [0.4, 0.5) is 5.69 Å². The number of thiocarbonyl (C=S) groups is 1. The summed E-state index contributed by atoms with van der Waals surface area (Å²) in [5.74, 6) is 0. The van der Waals surface area contributed by atoms with Crippen molar-refractivity contribution in [3.63, 3.8) is 0 Å². The van der Waals surface area contributed by atoms with E-state index in [4.69, 9.17) is 29.6 Å². The summed E-state index contributed by atoms with van der Waals surface area (Å²) >= 11 is 11.0. The van der Waals surface area contributed by atoms with Crippen LogP contribution in [0.5, 0.6) is 0 Å². The second-order valence-corrected chi connectivity index (χ2v) is 5.57. The van der Waals surface area contributed by atoms with Gasteiger partial charge in [0.1, 0.15) is 4.99 Å². The Labute approximate surface area is 112 Å². The van der Waals surface area contributed by atoms with Crippen LogP contribution < -0.4 is 10.6 Å². The van der Waals surface area contributed by atoms with Crippen molar-refractivity contribution in [1.82, 2.24) is 0 Å². The summed E-state index contributed by atoms with van der Waals surface area (Å²) in [5.41, 5.74) is 6.45. The monoisotopic (exact) mass is 272 g/mol. The van der Waals surface area contributed by atoms with E-state index in [9.17, 15) is 5.11 Å². The zero-order valence-electron chi connectivity index (χ0n) is 10.2. The summed E-state index contributed by atoms with van der Waals surface area (Å²) < 4.78 is 0. The van der Waals surface area contributed by atoms with Gasteiger partial charge in [-0.05, 0) is 32.0 Å². The average Bonchev–Trinajstić information content (AvgIpc) is 2.14. The van der Waals surface area contributed by atoms with E-state index in [2.05, 4.69) is 0 Å². The van der Waals surface area contributed by atoms with Crippen molar-refractivity contribution in [3.05, 3.63) is 28.8 Å². The Morgan fingerprint density at radius 1 is 1.53 bits per heavy atom. The van der Waals surface area contributed by atoms with Crippen LogP contribution in [0.1, 0.15) is 19.4 Å². The third-order valence-electron chi connectivity index (χ3n) is 2.26. The Morgan fingerprint density at radius 3 is 2.59 bits per heavy atom. The number of benzene rings is 1. The molecule has 0 spiro atoms. The maximum absolute atomic E-state index is 9.81. The third kappa shape index (κ3) is 4.15. The molecular formula is C12H17ClN2OS. The minimum atomic E-state index is -0.801. The number of anilines is 1. The van der Waals surface area contributed by atoms with Crippen molar-refractivity contribution in [2.45, 2.75) is 19.4 Å². The molecule has 0 heterocycles. The molecule has 0 atom stereocenters. The van der Waals surface area contributed by atoms with Crippen LogP contribution in [0.25, 0.3) is 0 Å². The fourth-order valence-electron chi connectivity index (χ4n) is 1.69. The SMILES string of the molecule is CN(CC(C)(C)O)c1cc(Cl)ccc1C(N)=S. The highest BCUT2D eigenvalue weighted by molar-refractivity contribution is 7.80. The van der Waals surface area contributed by atoms with Gasteiger partial charge >= 0.3 is 0 Å². The number of nitrogens with two attached hydrogens (primary N) is 1. The van der Waals surface area contributed by atoms with Crippen LogP contribution in [0, 0.1) is 0 Å². The van der Waals surface area contributed by atoms with E-state index in [0.717, 1.165) is 11.3 Å². The van der Waals surface area contributed by atoms with Crippen molar-refractivity contribution in [3.8, 4) is 0 Å². The summed E-state index contributed by atoms with van der Waals surface area (Å²) in [6, 6.07) is 5.33. The van der Waals surface area contributed by atoms with Crippen LogP contribution >= 0.6 is 23.8 Å². The Kier molecular flexibility index (Phi) is 4.36. The number of hydrogen-bond acceptors (Lipinski definition) is 3. The minimum Gasteiger partial charge on any atom is -0.389 e. The molecule has 0 saturated heterocycles. The molecule has 94 valence electrons. The van der Waals surface area contributed by atoms with Gasteiger partial charge in [-0.1, -0.05) is 23.8 Å². The number of likely N-dealkylation sites (N-methyl/N-ethyl adjacent to an activating group) is 1. The van der Waals surface area contributed by atoms with E-state index in [0.29, 0.717) is 16.6 Å². The molecule has 0 saturated carbocycles. The lowest BCUT2D eigenvalue weighted by molar-refractivity contribution is 0.0886. The van der Waals surface area contributed by atoms with Gasteiger partial charge in [0.05, 0.1) is 5.60 Å². The molecule has 3 nitrogen and oxygen atoms in total. The first kappa shape index (κ1) is 14.2. The molecule has 1 aromatic rings. The lowest BCUT2D eigenvalue weighted by Gasteiger charge is -2.28. The largest absolute Gasteiger partial charge is 0.389 e. The maximum atomic E-state index is 9.81. The maximum Gasteiger partial charge on any atom is 0.106 e. The quantitative estimate of drug-likeness (QED) is 0.825. The van der Waals surface area contributed by atoms with E-state index in [1.165, 1.54) is 0 Å². The molecule has 1 rings (SSSR count). The second kappa shape index (κ2) is 5.21. The molecular weight excluding hydrogens is 256 g/mol. The van der Waals surface area contributed by atoms with Gasteiger partial charge in [0.25, 0.3) is 0 Å². The molecule has 0 aliphatic heterocycles. The fourth-order valence-corrected chi connectivity index (χ4v) is 2.03. The zero-order chi connectivity index (χ0) is 13.2. The van der Waals surface area contributed by atoms with Gasteiger partial charge in [0.2, 0.25) is 0 Å². The summed E-state index contributed by atoms with van der Waals surface area (Å²) in [6.45, 7) is 3.95. The van der Waals surface area contributed by atoms with Crippen molar-refractivity contribution >= 4 is 34.5 Å². The highest BCUT2D eigenvalue weighted by atomic mass is 35.5. The smallest absolute Gasteiger partial charge is 0.106 e. The first-order valence-electron chi connectivity index (χ1n) is 5.23. The van der Waals surface area contributed by atoms with E-state index in [1.807, 2.05) is 11.9 Å². The normalized spacial score (nSPS) is 11.4. The molecule has 0 fully saturated rings. The van der Waals surface area contributed by atoms with Gasteiger partial charge in [-0.3, -0.25) is 0 Å². The minimum absolute atomic E-state index is 0.319. The Hall–Kier alpha value is -0.840. The summed E-state index contributed by atoms with van der Waals surface area (Å²) in [7, 11) is 1.87. The first-order valence-corrected chi connectivity index (χ1v) is 6.02. The van der Waals surface area contributed by atoms with Crippen LogP contribution in [-0.2, 0) is 0 Å². The first-order chi connectivity index (χ1) is 7.70. The number of aliphatic hydroxyl groups is 1.